The summed E-state index contributed by atoms with van der Waals surface area (Å²) in [6.07, 6.45) is 3.06. The lowest BCUT2D eigenvalue weighted by molar-refractivity contribution is 0.517. The minimum atomic E-state index is 0.434. The van der Waals surface area contributed by atoms with Gasteiger partial charge in [0.2, 0.25) is 0 Å². The van der Waals surface area contributed by atoms with Gasteiger partial charge < -0.3 is 5.32 Å². The number of nitrogens with one attached hydrogen (secondary N) is 1. The molecule has 17 heavy (non-hydrogen) atoms. The number of hydrogen-bond donors (Lipinski definition) is 1. The summed E-state index contributed by atoms with van der Waals surface area (Å²) in [6.45, 7) is 5.11. The topological polar surface area (TPSA) is 12.0 Å². The van der Waals surface area contributed by atoms with Gasteiger partial charge in [0.05, 0.1) is 0 Å². The minimum Gasteiger partial charge on any atom is -0.313 e. The van der Waals surface area contributed by atoms with Crippen LogP contribution in [-0.2, 0) is 6.42 Å². The lowest BCUT2D eigenvalue weighted by Crippen LogP contribution is -2.31. The van der Waals surface area contributed by atoms with Gasteiger partial charge in [-0.05, 0) is 44.0 Å². The van der Waals surface area contributed by atoms with E-state index in [-0.39, 0.29) is 0 Å². The zero-order chi connectivity index (χ0) is 12.5. The first-order valence-electron chi connectivity index (χ1n) is 6.13. The molecule has 1 aromatic rings. The molecule has 1 unspecified atom stereocenters. The zero-order valence-electron chi connectivity index (χ0n) is 10.6. The van der Waals surface area contributed by atoms with Crippen molar-refractivity contribution < 1.29 is 0 Å². The molecule has 0 saturated carbocycles. The first-order chi connectivity index (χ1) is 8.26. The molecular weight excluding hydrogens is 230 g/mol. The van der Waals surface area contributed by atoms with Gasteiger partial charge in [-0.1, -0.05) is 30.7 Å². The summed E-state index contributed by atoms with van der Waals surface area (Å²) < 4.78 is 0. The van der Waals surface area contributed by atoms with E-state index in [2.05, 4.69) is 36.2 Å². The minimum absolute atomic E-state index is 0.434. The average Bonchev–Trinajstić information content (AvgIpc) is 2.35. The molecule has 0 aliphatic heterocycles. The summed E-state index contributed by atoms with van der Waals surface area (Å²) in [4.78, 5) is 0. The van der Waals surface area contributed by atoms with E-state index in [9.17, 15) is 0 Å². The third-order valence-electron chi connectivity index (χ3n) is 2.60. The van der Waals surface area contributed by atoms with Gasteiger partial charge >= 0.3 is 0 Å². The second-order valence-corrected chi connectivity index (χ2v) is 4.55. The monoisotopic (exact) mass is 249 g/mol. The average molecular weight is 250 g/mol. The fourth-order valence-electron chi connectivity index (χ4n) is 1.70. The lowest BCUT2D eigenvalue weighted by atomic mass is 10.0. The van der Waals surface area contributed by atoms with Crippen LogP contribution in [0.1, 0.15) is 32.3 Å². The van der Waals surface area contributed by atoms with E-state index in [1.165, 1.54) is 5.56 Å². The van der Waals surface area contributed by atoms with E-state index in [4.69, 9.17) is 11.6 Å². The molecule has 2 heteroatoms. The Morgan fingerprint density at radius 3 is 2.59 bits per heavy atom. The normalized spacial score (nSPS) is 11.7. The van der Waals surface area contributed by atoms with Crippen molar-refractivity contribution in [3.05, 3.63) is 34.9 Å². The Bertz CT molecular complexity index is 372. The predicted octanol–water partition coefficient (Wildman–Crippen LogP) is 3.66. The first-order valence-corrected chi connectivity index (χ1v) is 6.51. The Hall–Kier alpha value is -0.970. The smallest absolute Gasteiger partial charge is 0.0406 e. The largest absolute Gasteiger partial charge is 0.313 e. The van der Waals surface area contributed by atoms with Gasteiger partial charge in [0.15, 0.2) is 0 Å². The fraction of sp³-hybridized carbons (Fsp3) is 0.467. The third kappa shape index (κ3) is 5.77. The van der Waals surface area contributed by atoms with Crippen LogP contribution in [0, 0.1) is 11.8 Å². The molecule has 0 saturated heterocycles. The fourth-order valence-corrected chi connectivity index (χ4v) is 1.82. The molecule has 0 aliphatic rings. The maximum Gasteiger partial charge on any atom is 0.0406 e. The number of benzene rings is 1. The summed E-state index contributed by atoms with van der Waals surface area (Å²) in [5.41, 5.74) is 1.31. The second-order valence-electron chi connectivity index (χ2n) is 4.11. The molecule has 1 atom stereocenters. The Kier molecular flexibility index (Phi) is 6.77. The molecule has 1 rings (SSSR count). The van der Waals surface area contributed by atoms with Crippen LogP contribution in [-0.4, -0.2) is 12.6 Å². The van der Waals surface area contributed by atoms with Crippen molar-refractivity contribution in [2.75, 3.05) is 6.54 Å². The van der Waals surface area contributed by atoms with E-state index in [1.807, 2.05) is 19.1 Å². The number of rotatable bonds is 6. The highest BCUT2D eigenvalue weighted by molar-refractivity contribution is 6.30. The highest BCUT2D eigenvalue weighted by Gasteiger charge is 2.07. The lowest BCUT2D eigenvalue weighted by Gasteiger charge is -2.16. The molecule has 0 spiro atoms. The molecule has 1 nitrogen and oxygen atoms in total. The molecule has 1 N–H and O–H groups in total. The Morgan fingerprint density at radius 1 is 1.29 bits per heavy atom. The van der Waals surface area contributed by atoms with Crippen LogP contribution >= 0.6 is 11.6 Å². The maximum atomic E-state index is 5.88. The molecule has 0 aliphatic carbocycles. The highest BCUT2D eigenvalue weighted by atomic mass is 35.5. The van der Waals surface area contributed by atoms with Gasteiger partial charge in [0, 0.05) is 17.5 Å². The van der Waals surface area contributed by atoms with Crippen LogP contribution in [0.25, 0.3) is 0 Å². The van der Waals surface area contributed by atoms with Gasteiger partial charge in [-0.2, -0.15) is 0 Å². The van der Waals surface area contributed by atoms with Crippen molar-refractivity contribution in [3.63, 3.8) is 0 Å². The summed E-state index contributed by atoms with van der Waals surface area (Å²) in [6, 6.07) is 8.49. The number of halogens is 1. The quantitative estimate of drug-likeness (QED) is 0.759. The second kappa shape index (κ2) is 8.17. The Balaban J connectivity index is 2.56. The molecule has 0 bridgehead atoms. The van der Waals surface area contributed by atoms with Crippen LogP contribution in [0.3, 0.4) is 0 Å². The highest BCUT2D eigenvalue weighted by Crippen LogP contribution is 2.12. The van der Waals surface area contributed by atoms with E-state index >= 15 is 0 Å². The van der Waals surface area contributed by atoms with Crippen molar-refractivity contribution in [1.29, 1.82) is 0 Å². The van der Waals surface area contributed by atoms with Crippen molar-refractivity contribution in [1.82, 2.24) is 5.32 Å². The van der Waals surface area contributed by atoms with Gasteiger partial charge in [-0.15, -0.1) is 11.8 Å². The van der Waals surface area contributed by atoms with Crippen LogP contribution in [0.5, 0.6) is 0 Å². The van der Waals surface area contributed by atoms with E-state index in [0.29, 0.717) is 6.04 Å². The maximum absolute atomic E-state index is 5.88. The number of hydrogen-bond acceptors (Lipinski definition) is 1. The molecule has 1 aromatic carbocycles. The van der Waals surface area contributed by atoms with Crippen molar-refractivity contribution in [2.45, 2.75) is 39.2 Å². The predicted molar refractivity (Wildman–Crippen MR) is 75.3 cm³/mol. The Morgan fingerprint density at radius 2 is 2.00 bits per heavy atom. The Labute approximate surface area is 110 Å². The third-order valence-corrected chi connectivity index (χ3v) is 2.86. The molecule has 0 fully saturated rings. The summed E-state index contributed by atoms with van der Waals surface area (Å²) in [5.74, 6) is 6.11. The zero-order valence-corrected chi connectivity index (χ0v) is 11.3. The van der Waals surface area contributed by atoms with E-state index < -0.39 is 0 Å². The van der Waals surface area contributed by atoms with Crippen LogP contribution < -0.4 is 5.32 Å². The van der Waals surface area contributed by atoms with E-state index in [1.54, 1.807) is 0 Å². The van der Waals surface area contributed by atoms with Crippen molar-refractivity contribution in [2.24, 2.45) is 0 Å². The van der Waals surface area contributed by atoms with Crippen molar-refractivity contribution in [3.8, 4) is 11.8 Å². The SMILES string of the molecule is CC#CCC(Cc1ccc(Cl)cc1)NCCC. The van der Waals surface area contributed by atoms with Gasteiger partial charge in [-0.3, -0.25) is 0 Å². The standard InChI is InChI=1S/C15H20ClN/c1-3-5-6-15(17-11-4-2)12-13-7-9-14(16)10-8-13/h7-10,15,17H,4,6,11-12H2,1-2H3. The van der Waals surface area contributed by atoms with E-state index in [0.717, 1.165) is 30.8 Å². The molecule has 92 valence electrons. The van der Waals surface area contributed by atoms with Crippen LogP contribution in [0.4, 0.5) is 0 Å². The summed E-state index contributed by atoms with van der Waals surface area (Å²) in [7, 11) is 0. The summed E-state index contributed by atoms with van der Waals surface area (Å²) >= 11 is 5.88. The summed E-state index contributed by atoms with van der Waals surface area (Å²) in [5, 5.41) is 4.32. The van der Waals surface area contributed by atoms with Gasteiger partial charge in [-0.25, -0.2) is 0 Å². The molecule has 0 amide bonds. The van der Waals surface area contributed by atoms with Crippen LogP contribution in [0.2, 0.25) is 5.02 Å². The molecule has 0 heterocycles. The first kappa shape index (κ1) is 14.1. The van der Waals surface area contributed by atoms with Gasteiger partial charge in [0.1, 0.15) is 0 Å². The van der Waals surface area contributed by atoms with Gasteiger partial charge in [0.25, 0.3) is 0 Å². The molecule has 0 aromatic heterocycles. The van der Waals surface area contributed by atoms with Crippen molar-refractivity contribution >= 4 is 11.6 Å². The molecule has 0 radical (unpaired) electrons. The van der Waals surface area contributed by atoms with Crippen LogP contribution in [0.15, 0.2) is 24.3 Å². The molecular formula is C15H20ClN.